The zero-order valence-electron chi connectivity index (χ0n) is 9.34. The predicted octanol–water partition coefficient (Wildman–Crippen LogP) is 3.36. The highest BCUT2D eigenvalue weighted by molar-refractivity contribution is 4.87. The summed E-state index contributed by atoms with van der Waals surface area (Å²) in [5.41, 5.74) is 0.492. The summed E-state index contributed by atoms with van der Waals surface area (Å²) in [5.74, 6) is 0.771. The maximum atomic E-state index is 9.53. The van der Waals surface area contributed by atoms with Gasteiger partial charge in [-0.3, -0.25) is 0 Å². The first-order chi connectivity index (χ1) is 6.12. The highest BCUT2D eigenvalue weighted by Gasteiger charge is 2.36. The van der Waals surface area contributed by atoms with Crippen LogP contribution in [0.5, 0.6) is 0 Å². The van der Waals surface area contributed by atoms with Crippen molar-refractivity contribution in [3.05, 3.63) is 0 Å². The summed E-state index contributed by atoms with van der Waals surface area (Å²) in [6.07, 6.45) is 7.17. The van der Waals surface area contributed by atoms with Crippen LogP contribution in [0.1, 0.15) is 59.3 Å². The highest BCUT2D eigenvalue weighted by atomic mass is 16.3. The Morgan fingerprint density at radius 1 is 1.31 bits per heavy atom. The molecule has 0 aliphatic heterocycles. The molecule has 1 saturated carbocycles. The molecule has 1 fully saturated rings. The van der Waals surface area contributed by atoms with Gasteiger partial charge in [-0.05, 0) is 37.0 Å². The van der Waals surface area contributed by atoms with Gasteiger partial charge in [-0.1, -0.05) is 33.6 Å². The van der Waals surface area contributed by atoms with Gasteiger partial charge in [-0.2, -0.15) is 0 Å². The summed E-state index contributed by atoms with van der Waals surface area (Å²) in [5, 5.41) is 9.53. The van der Waals surface area contributed by atoms with Gasteiger partial charge < -0.3 is 5.11 Å². The molecule has 78 valence electrons. The topological polar surface area (TPSA) is 20.2 Å². The van der Waals surface area contributed by atoms with Gasteiger partial charge in [0, 0.05) is 0 Å². The predicted molar refractivity (Wildman–Crippen MR) is 56.7 cm³/mol. The Bertz CT molecular complexity index is 155. The van der Waals surface area contributed by atoms with E-state index in [4.69, 9.17) is 0 Å². The van der Waals surface area contributed by atoms with Crippen LogP contribution in [0.2, 0.25) is 0 Å². The number of aliphatic hydroxyl groups excluding tert-OH is 1. The Kier molecular flexibility index (Phi) is 3.78. The van der Waals surface area contributed by atoms with E-state index in [0.29, 0.717) is 5.41 Å². The Hall–Kier alpha value is -0.0400. The van der Waals surface area contributed by atoms with Crippen LogP contribution >= 0.6 is 0 Å². The minimum absolute atomic E-state index is 0.00673. The number of hydrogen-bond donors (Lipinski definition) is 1. The molecule has 0 heterocycles. The second-order valence-corrected chi connectivity index (χ2v) is 4.92. The molecule has 0 spiro atoms. The first-order valence-electron chi connectivity index (χ1n) is 5.80. The lowest BCUT2D eigenvalue weighted by Crippen LogP contribution is -2.25. The van der Waals surface area contributed by atoms with Gasteiger partial charge in [0.05, 0.1) is 6.10 Å². The van der Waals surface area contributed by atoms with Crippen molar-refractivity contribution in [1.29, 1.82) is 0 Å². The van der Waals surface area contributed by atoms with Crippen molar-refractivity contribution in [2.75, 3.05) is 0 Å². The molecule has 1 aliphatic rings. The van der Waals surface area contributed by atoms with E-state index < -0.39 is 0 Å². The van der Waals surface area contributed by atoms with Crippen LogP contribution in [0.3, 0.4) is 0 Å². The Morgan fingerprint density at radius 2 is 2.00 bits per heavy atom. The van der Waals surface area contributed by atoms with Crippen molar-refractivity contribution < 1.29 is 5.11 Å². The number of aliphatic hydroxyl groups is 1. The highest BCUT2D eigenvalue weighted by Crippen LogP contribution is 2.44. The Labute approximate surface area is 82.5 Å². The zero-order chi connectivity index (χ0) is 9.90. The molecule has 0 aromatic rings. The molecule has 1 heteroatoms. The first kappa shape index (κ1) is 11.0. The van der Waals surface area contributed by atoms with Crippen LogP contribution in [-0.4, -0.2) is 11.2 Å². The fraction of sp³-hybridized carbons (Fsp3) is 1.00. The molecule has 1 N–H and O–H groups in total. The zero-order valence-corrected chi connectivity index (χ0v) is 9.34. The van der Waals surface area contributed by atoms with Crippen LogP contribution in [0.25, 0.3) is 0 Å². The molecule has 0 aromatic carbocycles. The normalized spacial score (nSPS) is 33.2. The summed E-state index contributed by atoms with van der Waals surface area (Å²) in [4.78, 5) is 0. The van der Waals surface area contributed by atoms with E-state index in [9.17, 15) is 5.11 Å². The summed E-state index contributed by atoms with van der Waals surface area (Å²) >= 11 is 0. The van der Waals surface area contributed by atoms with E-state index in [1.54, 1.807) is 0 Å². The van der Waals surface area contributed by atoms with Gasteiger partial charge in [-0.15, -0.1) is 0 Å². The monoisotopic (exact) mass is 184 g/mol. The lowest BCUT2D eigenvalue weighted by molar-refractivity contribution is 0.128. The standard InChI is InChI=1S/C12H24O/c1-4-8-12(3,5-2)10-6-7-11(13)9-10/h10-11,13H,4-9H2,1-3H3. The SMILES string of the molecule is CCCC(C)(CC)C1CCC(O)C1. The lowest BCUT2D eigenvalue weighted by atomic mass is 9.71. The third kappa shape index (κ3) is 2.46. The second kappa shape index (κ2) is 4.45. The average molecular weight is 184 g/mol. The molecule has 0 bridgehead atoms. The minimum Gasteiger partial charge on any atom is -0.393 e. The molecule has 1 aliphatic carbocycles. The van der Waals surface area contributed by atoms with Gasteiger partial charge >= 0.3 is 0 Å². The van der Waals surface area contributed by atoms with E-state index in [1.807, 2.05) is 0 Å². The fourth-order valence-corrected chi connectivity index (χ4v) is 2.83. The third-order valence-electron chi connectivity index (χ3n) is 4.02. The van der Waals surface area contributed by atoms with Crippen molar-refractivity contribution >= 4 is 0 Å². The molecular weight excluding hydrogens is 160 g/mol. The summed E-state index contributed by atoms with van der Waals surface area (Å²) in [6.45, 7) is 6.96. The first-order valence-corrected chi connectivity index (χ1v) is 5.80. The van der Waals surface area contributed by atoms with Gasteiger partial charge in [0.1, 0.15) is 0 Å². The van der Waals surface area contributed by atoms with Gasteiger partial charge in [-0.25, -0.2) is 0 Å². The summed E-state index contributed by atoms with van der Waals surface area (Å²) < 4.78 is 0. The van der Waals surface area contributed by atoms with E-state index in [0.717, 1.165) is 18.8 Å². The van der Waals surface area contributed by atoms with Crippen LogP contribution in [0.4, 0.5) is 0 Å². The van der Waals surface area contributed by atoms with Gasteiger partial charge in [0.25, 0.3) is 0 Å². The minimum atomic E-state index is -0.00673. The van der Waals surface area contributed by atoms with Crippen LogP contribution in [0.15, 0.2) is 0 Å². The van der Waals surface area contributed by atoms with Crippen molar-refractivity contribution in [1.82, 2.24) is 0 Å². The molecular formula is C12H24O. The Balaban J connectivity index is 2.55. The van der Waals surface area contributed by atoms with E-state index in [1.165, 1.54) is 25.7 Å². The fourth-order valence-electron chi connectivity index (χ4n) is 2.83. The largest absolute Gasteiger partial charge is 0.393 e. The molecule has 0 saturated heterocycles. The Morgan fingerprint density at radius 3 is 2.38 bits per heavy atom. The molecule has 3 atom stereocenters. The molecule has 0 amide bonds. The van der Waals surface area contributed by atoms with Crippen LogP contribution in [-0.2, 0) is 0 Å². The smallest absolute Gasteiger partial charge is 0.0543 e. The number of rotatable bonds is 4. The third-order valence-corrected chi connectivity index (χ3v) is 4.02. The van der Waals surface area contributed by atoms with E-state index in [-0.39, 0.29) is 6.10 Å². The maximum Gasteiger partial charge on any atom is 0.0543 e. The average Bonchev–Trinajstić information content (AvgIpc) is 2.52. The van der Waals surface area contributed by atoms with Crippen molar-refractivity contribution in [2.24, 2.45) is 11.3 Å². The molecule has 3 unspecified atom stereocenters. The quantitative estimate of drug-likeness (QED) is 0.710. The van der Waals surface area contributed by atoms with Crippen molar-refractivity contribution in [3.8, 4) is 0 Å². The van der Waals surface area contributed by atoms with E-state index >= 15 is 0 Å². The molecule has 0 radical (unpaired) electrons. The molecule has 1 nitrogen and oxygen atoms in total. The number of hydrogen-bond acceptors (Lipinski definition) is 1. The molecule has 0 aromatic heterocycles. The van der Waals surface area contributed by atoms with Crippen LogP contribution < -0.4 is 0 Å². The van der Waals surface area contributed by atoms with Crippen molar-refractivity contribution in [2.45, 2.75) is 65.4 Å². The molecule has 13 heavy (non-hydrogen) atoms. The maximum absolute atomic E-state index is 9.53. The summed E-state index contributed by atoms with van der Waals surface area (Å²) in [7, 11) is 0. The van der Waals surface area contributed by atoms with Gasteiger partial charge in [0.2, 0.25) is 0 Å². The van der Waals surface area contributed by atoms with Gasteiger partial charge in [0.15, 0.2) is 0 Å². The van der Waals surface area contributed by atoms with Crippen LogP contribution in [0, 0.1) is 11.3 Å². The second-order valence-electron chi connectivity index (χ2n) is 4.92. The van der Waals surface area contributed by atoms with E-state index in [2.05, 4.69) is 20.8 Å². The summed E-state index contributed by atoms with van der Waals surface area (Å²) in [6, 6.07) is 0. The van der Waals surface area contributed by atoms with Crippen molar-refractivity contribution in [3.63, 3.8) is 0 Å². The molecule has 1 rings (SSSR count). The lowest BCUT2D eigenvalue weighted by Gasteiger charge is -2.34.